The third-order valence-corrected chi connectivity index (χ3v) is 5.97. The number of carbonyl (C=O) groups is 1. The lowest BCUT2D eigenvalue weighted by Crippen LogP contribution is -2.48. The molecular weight excluding hydrogens is 250 g/mol. The highest BCUT2D eigenvalue weighted by molar-refractivity contribution is 5.70. The molecule has 0 atom stereocenters. The number of hydrogen-bond donors (Lipinski definition) is 2. The molecule has 5 rings (SSSR count). The van der Waals surface area contributed by atoms with E-state index >= 15 is 0 Å². The van der Waals surface area contributed by atoms with Crippen molar-refractivity contribution in [1.29, 1.82) is 0 Å². The van der Waals surface area contributed by atoms with E-state index in [2.05, 4.69) is 18.0 Å². The Morgan fingerprint density at radius 1 is 1.25 bits per heavy atom. The molecule has 0 saturated heterocycles. The number of aromatic nitrogens is 1. The van der Waals surface area contributed by atoms with Crippen LogP contribution in [-0.2, 0) is 16.6 Å². The highest BCUT2D eigenvalue weighted by atomic mass is 16.4. The number of nitrogens with one attached hydrogen (secondary N) is 1. The molecule has 0 unspecified atom stereocenters. The van der Waals surface area contributed by atoms with E-state index in [1.807, 2.05) is 0 Å². The van der Waals surface area contributed by atoms with E-state index in [9.17, 15) is 4.79 Å². The first-order valence-corrected chi connectivity index (χ1v) is 7.95. The van der Waals surface area contributed by atoms with Crippen molar-refractivity contribution in [3.8, 4) is 0 Å². The minimum atomic E-state index is -0.724. The van der Waals surface area contributed by atoms with Gasteiger partial charge >= 0.3 is 5.97 Å². The van der Waals surface area contributed by atoms with Gasteiger partial charge in [-0.05, 0) is 80.2 Å². The van der Waals surface area contributed by atoms with Crippen LogP contribution in [0.25, 0.3) is 0 Å². The fourth-order valence-electron chi connectivity index (χ4n) is 5.85. The molecule has 1 heterocycles. The molecule has 4 bridgehead atoms. The van der Waals surface area contributed by atoms with Gasteiger partial charge in [-0.15, -0.1) is 0 Å². The molecular formula is C17H23NO2. The molecule has 1 aromatic heterocycles. The molecule has 0 radical (unpaired) electrons. The molecule has 0 aromatic carbocycles. The van der Waals surface area contributed by atoms with Crippen LogP contribution in [0.1, 0.15) is 55.5 Å². The van der Waals surface area contributed by atoms with Crippen molar-refractivity contribution in [3.63, 3.8) is 0 Å². The van der Waals surface area contributed by atoms with E-state index in [1.54, 1.807) is 0 Å². The first-order chi connectivity index (χ1) is 9.54. The molecule has 2 N–H and O–H groups in total. The van der Waals surface area contributed by atoms with Gasteiger partial charge in [-0.2, -0.15) is 0 Å². The number of H-pyrrole nitrogens is 1. The summed E-state index contributed by atoms with van der Waals surface area (Å²) in [6.45, 7) is 2.05. The van der Waals surface area contributed by atoms with Gasteiger partial charge in [0.25, 0.3) is 0 Å². The highest BCUT2D eigenvalue weighted by Crippen LogP contribution is 2.61. The van der Waals surface area contributed by atoms with Crippen molar-refractivity contribution in [2.75, 3.05) is 0 Å². The summed E-state index contributed by atoms with van der Waals surface area (Å²) in [6, 6.07) is 2.24. The maximum absolute atomic E-state index is 11.1. The summed E-state index contributed by atoms with van der Waals surface area (Å²) in [5.41, 5.74) is 3.73. The van der Waals surface area contributed by atoms with Crippen molar-refractivity contribution in [1.82, 2.24) is 4.98 Å². The van der Waals surface area contributed by atoms with Crippen molar-refractivity contribution < 1.29 is 9.90 Å². The van der Waals surface area contributed by atoms with E-state index < -0.39 is 5.97 Å². The van der Waals surface area contributed by atoms with Crippen LogP contribution in [0.3, 0.4) is 0 Å². The summed E-state index contributed by atoms with van der Waals surface area (Å²) in [5.74, 6) is 1.97. The zero-order chi connectivity index (χ0) is 13.9. The molecule has 20 heavy (non-hydrogen) atoms. The summed E-state index contributed by atoms with van der Waals surface area (Å²) in [5, 5.41) is 9.16. The number of aromatic amines is 1. The van der Waals surface area contributed by atoms with Crippen LogP contribution in [0, 0.1) is 24.7 Å². The minimum Gasteiger partial charge on any atom is -0.481 e. The van der Waals surface area contributed by atoms with Gasteiger partial charge in [0.05, 0.1) is 6.42 Å². The van der Waals surface area contributed by atoms with Gasteiger partial charge in [-0.25, -0.2) is 0 Å². The molecule has 4 fully saturated rings. The van der Waals surface area contributed by atoms with Crippen LogP contribution in [0.2, 0.25) is 0 Å². The van der Waals surface area contributed by atoms with Gasteiger partial charge in [-0.1, -0.05) is 0 Å². The maximum atomic E-state index is 11.1. The Hall–Kier alpha value is -1.25. The van der Waals surface area contributed by atoms with E-state index in [0.717, 1.165) is 29.1 Å². The van der Waals surface area contributed by atoms with Crippen molar-refractivity contribution in [2.45, 2.75) is 57.3 Å². The van der Waals surface area contributed by atoms with E-state index in [1.165, 1.54) is 44.1 Å². The maximum Gasteiger partial charge on any atom is 0.309 e. The first-order valence-electron chi connectivity index (χ1n) is 7.95. The van der Waals surface area contributed by atoms with Crippen molar-refractivity contribution in [3.05, 3.63) is 23.0 Å². The minimum absolute atomic E-state index is 0.144. The second-order valence-corrected chi connectivity index (χ2v) is 7.61. The molecule has 3 nitrogen and oxygen atoms in total. The molecule has 0 aliphatic heterocycles. The topological polar surface area (TPSA) is 53.1 Å². The molecule has 0 spiro atoms. The van der Waals surface area contributed by atoms with Gasteiger partial charge < -0.3 is 10.1 Å². The fraction of sp³-hybridized carbons (Fsp3) is 0.706. The number of hydrogen-bond acceptors (Lipinski definition) is 1. The second kappa shape index (κ2) is 4.12. The van der Waals surface area contributed by atoms with Crippen LogP contribution in [0.4, 0.5) is 0 Å². The fourth-order valence-corrected chi connectivity index (χ4v) is 5.85. The Labute approximate surface area is 119 Å². The van der Waals surface area contributed by atoms with Crippen LogP contribution in [-0.4, -0.2) is 16.1 Å². The van der Waals surface area contributed by atoms with E-state index in [4.69, 9.17) is 5.11 Å². The van der Waals surface area contributed by atoms with Crippen molar-refractivity contribution >= 4 is 5.97 Å². The average molecular weight is 273 g/mol. The smallest absolute Gasteiger partial charge is 0.309 e. The predicted octanol–water partition coefficient (Wildman–Crippen LogP) is 3.42. The molecule has 4 aliphatic rings. The Balaban J connectivity index is 1.75. The molecule has 4 saturated carbocycles. The van der Waals surface area contributed by atoms with Gasteiger partial charge in [0.15, 0.2) is 0 Å². The number of aryl methyl sites for hydroxylation is 1. The number of carboxylic acids is 1. The van der Waals surface area contributed by atoms with Crippen LogP contribution >= 0.6 is 0 Å². The SMILES string of the molecule is Cc1cc(C23CC4CC(CC(C4)C2)C3)c(CC(=O)O)[nH]1. The lowest BCUT2D eigenvalue weighted by molar-refractivity contribution is -0.136. The van der Waals surface area contributed by atoms with E-state index in [0.29, 0.717) is 5.41 Å². The van der Waals surface area contributed by atoms with Crippen LogP contribution < -0.4 is 0 Å². The number of rotatable bonds is 3. The quantitative estimate of drug-likeness (QED) is 0.886. The van der Waals surface area contributed by atoms with Crippen LogP contribution in [0.15, 0.2) is 6.07 Å². The van der Waals surface area contributed by atoms with Gasteiger partial charge in [0, 0.05) is 11.4 Å². The second-order valence-electron chi connectivity index (χ2n) is 7.61. The number of aliphatic carboxylic acids is 1. The monoisotopic (exact) mass is 273 g/mol. The van der Waals surface area contributed by atoms with Crippen LogP contribution in [0.5, 0.6) is 0 Å². The lowest BCUT2D eigenvalue weighted by Gasteiger charge is -2.57. The molecule has 108 valence electrons. The zero-order valence-electron chi connectivity index (χ0n) is 12.1. The zero-order valence-corrected chi connectivity index (χ0v) is 12.1. The first kappa shape index (κ1) is 12.5. The average Bonchev–Trinajstić information content (AvgIpc) is 2.68. The summed E-state index contributed by atoms with van der Waals surface area (Å²) in [7, 11) is 0. The predicted molar refractivity (Wildman–Crippen MR) is 76.7 cm³/mol. The Morgan fingerprint density at radius 2 is 1.80 bits per heavy atom. The molecule has 3 heteroatoms. The standard InChI is InChI=1S/C17H23NO2/c1-10-2-14(15(18-10)6-16(19)20)17-7-11-3-12(8-17)5-13(4-11)9-17/h2,11-13,18H,3-9H2,1H3,(H,19,20). The Bertz CT molecular complexity index is 522. The van der Waals surface area contributed by atoms with Gasteiger partial charge in [0.2, 0.25) is 0 Å². The molecule has 1 aromatic rings. The summed E-state index contributed by atoms with van der Waals surface area (Å²) >= 11 is 0. The highest BCUT2D eigenvalue weighted by Gasteiger charge is 2.52. The Morgan fingerprint density at radius 3 is 2.30 bits per heavy atom. The third-order valence-electron chi connectivity index (χ3n) is 5.97. The summed E-state index contributed by atoms with van der Waals surface area (Å²) < 4.78 is 0. The third kappa shape index (κ3) is 1.82. The normalized spacial score (nSPS) is 38.4. The summed E-state index contributed by atoms with van der Waals surface area (Å²) in [4.78, 5) is 14.5. The van der Waals surface area contributed by atoms with Gasteiger partial charge in [-0.3, -0.25) is 4.79 Å². The van der Waals surface area contributed by atoms with E-state index in [-0.39, 0.29) is 6.42 Å². The molecule has 4 aliphatic carbocycles. The largest absolute Gasteiger partial charge is 0.481 e. The summed E-state index contributed by atoms with van der Waals surface area (Å²) in [6.07, 6.45) is 8.31. The number of carboxylic acid groups (broad SMARTS) is 1. The molecule has 0 amide bonds. The Kier molecular flexibility index (Phi) is 2.57. The lowest BCUT2D eigenvalue weighted by atomic mass is 9.48. The van der Waals surface area contributed by atoms with Crippen molar-refractivity contribution in [2.24, 2.45) is 17.8 Å². The van der Waals surface area contributed by atoms with Gasteiger partial charge in [0.1, 0.15) is 0 Å².